The van der Waals surface area contributed by atoms with Crippen molar-refractivity contribution < 1.29 is 36.7 Å². The molecule has 1 amide bonds. The van der Waals surface area contributed by atoms with E-state index < -0.39 is 12.8 Å². The molecule has 0 unspecified atom stereocenters. The number of amides is 1. The maximum Gasteiger partial charge on any atom is 0.422 e. The Kier molecular flexibility index (Phi) is 9.28. The molecule has 51 heavy (non-hydrogen) atoms. The van der Waals surface area contributed by atoms with Crippen molar-refractivity contribution in [3.05, 3.63) is 96.4 Å². The third-order valence-electron chi connectivity index (χ3n) is 8.45. The van der Waals surface area contributed by atoms with Crippen LogP contribution in [0.15, 0.2) is 89.7 Å². The Hall–Kier alpha value is -5.96. The van der Waals surface area contributed by atoms with Gasteiger partial charge >= 0.3 is 6.18 Å². The SMILES string of the molecule is COc1cccc(-c2noc(-c3cnc(Oc4ccc5cc(C(=O)N6CCN(Cc7ccc(OCC(F)(F)F)cc7)CC6)n(C)c5c4)cn3)n2)c1. The quantitative estimate of drug-likeness (QED) is 0.159. The summed E-state index contributed by atoms with van der Waals surface area (Å²) < 4.78 is 60.5. The molecular weight excluding hydrogens is 667 g/mol. The molecule has 1 aliphatic heterocycles. The predicted octanol–water partition coefficient (Wildman–Crippen LogP) is 6.39. The monoisotopic (exact) mass is 699 g/mol. The standard InChI is InChI=1S/C36H32F3N7O5/c1-44-30-18-28(50-32-20-40-29(19-41-32)34-42-33(43-51-34)25-4-3-5-27(16-25)48-2)11-8-24(30)17-31(44)35(47)46-14-12-45(13-15-46)21-23-6-9-26(10-7-23)49-22-36(37,38)39/h3-11,16-20H,12-15,21-22H2,1-2H3. The van der Waals surface area contributed by atoms with E-state index in [1.54, 1.807) is 31.4 Å². The highest BCUT2D eigenvalue weighted by Gasteiger charge is 2.28. The van der Waals surface area contributed by atoms with Crippen molar-refractivity contribution in [3.8, 4) is 46.1 Å². The van der Waals surface area contributed by atoms with Crippen LogP contribution in [-0.4, -0.2) is 86.5 Å². The molecule has 1 aliphatic rings. The number of carbonyl (C=O) groups is 1. The first-order valence-electron chi connectivity index (χ1n) is 16.0. The molecule has 7 rings (SSSR count). The maximum atomic E-state index is 13.6. The van der Waals surface area contributed by atoms with Gasteiger partial charge in [-0.05, 0) is 48.0 Å². The van der Waals surface area contributed by atoms with Crippen molar-refractivity contribution in [2.75, 3.05) is 39.9 Å². The summed E-state index contributed by atoms with van der Waals surface area (Å²) in [5.74, 6) is 2.17. The van der Waals surface area contributed by atoms with E-state index in [0.717, 1.165) is 22.0 Å². The van der Waals surface area contributed by atoms with Crippen molar-refractivity contribution in [1.29, 1.82) is 0 Å². The molecule has 0 atom stereocenters. The van der Waals surface area contributed by atoms with Gasteiger partial charge in [-0.1, -0.05) is 29.4 Å². The molecule has 6 aromatic rings. The number of rotatable bonds is 10. The van der Waals surface area contributed by atoms with Crippen molar-refractivity contribution in [2.24, 2.45) is 7.05 Å². The number of fused-ring (bicyclic) bond motifs is 1. The smallest absolute Gasteiger partial charge is 0.422 e. The molecule has 15 heteroatoms. The van der Waals surface area contributed by atoms with Gasteiger partial charge in [-0.2, -0.15) is 18.2 Å². The molecular formula is C36H32F3N7O5. The van der Waals surface area contributed by atoms with E-state index in [-0.39, 0.29) is 23.4 Å². The number of aryl methyl sites for hydroxylation is 1. The van der Waals surface area contributed by atoms with E-state index in [0.29, 0.717) is 61.4 Å². The average molecular weight is 700 g/mol. The topological polar surface area (TPSA) is 121 Å². The van der Waals surface area contributed by atoms with Crippen LogP contribution in [0.3, 0.4) is 0 Å². The summed E-state index contributed by atoms with van der Waals surface area (Å²) in [6.45, 7) is 1.71. The van der Waals surface area contributed by atoms with Crippen LogP contribution in [-0.2, 0) is 13.6 Å². The van der Waals surface area contributed by atoms with E-state index in [2.05, 4.69) is 25.0 Å². The number of carbonyl (C=O) groups excluding carboxylic acids is 1. The highest BCUT2D eigenvalue weighted by Crippen LogP contribution is 2.29. The van der Waals surface area contributed by atoms with Crippen LogP contribution in [0.25, 0.3) is 33.9 Å². The zero-order chi connectivity index (χ0) is 35.5. The second-order valence-electron chi connectivity index (χ2n) is 11.9. The Morgan fingerprint density at radius 2 is 1.69 bits per heavy atom. The molecule has 0 aliphatic carbocycles. The molecule has 0 N–H and O–H groups in total. The fraction of sp³-hybridized carbons (Fsp3) is 0.250. The number of benzene rings is 3. The Labute approximate surface area is 290 Å². The number of ether oxygens (including phenoxy) is 3. The van der Waals surface area contributed by atoms with E-state index in [9.17, 15) is 18.0 Å². The van der Waals surface area contributed by atoms with Crippen LogP contribution in [0.4, 0.5) is 13.2 Å². The lowest BCUT2D eigenvalue weighted by molar-refractivity contribution is -0.153. The summed E-state index contributed by atoms with van der Waals surface area (Å²) in [5, 5.41) is 4.93. The van der Waals surface area contributed by atoms with Gasteiger partial charge in [0.25, 0.3) is 11.8 Å². The Morgan fingerprint density at radius 3 is 2.41 bits per heavy atom. The molecule has 1 fully saturated rings. The van der Waals surface area contributed by atoms with Crippen molar-refractivity contribution in [2.45, 2.75) is 12.7 Å². The number of alkyl halides is 3. The molecule has 4 heterocycles. The van der Waals surface area contributed by atoms with Crippen LogP contribution in [0.5, 0.6) is 23.1 Å². The van der Waals surface area contributed by atoms with Crippen molar-refractivity contribution in [3.63, 3.8) is 0 Å². The Bertz CT molecular complexity index is 2140. The summed E-state index contributed by atoms with van der Waals surface area (Å²) in [6.07, 6.45) is -1.42. The molecule has 262 valence electrons. The van der Waals surface area contributed by atoms with Crippen LogP contribution < -0.4 is 14.2 Å². The second kappa shape index (κ2) is 14.1. The van der Waals surface area contributed by atoms with Crippen LogP contribution in [0.1, 0.15) is 16.1 Å². The minimum Gasteiger partial charge on any atom is -0.497 e. The summed E-state index contributed by atoms with van der Waals surface area (Å²) in [5.41, 5.74) is 3.45. The third kappa shape index (κ3) is 7.78. The molecule has 0 bridgehead atoms. The van der Waals surface area contributed by atoms with Crippen molar-refractivity contribution in [1.82, 2.24) is 34.5 Å². The van der Waals surface area contributed by atoms with Crippen LogP contribution in [0.2, 0.25) is 0 Å². The number of hydrogen-bond acceptors (Lipinski definition) is 10. The maximum absolute atomic E-state index is 13.6. The summed E-state index contributed by atoms with van der Waals surface area (Å²) in [6, 6.07) is 21.3. The number of aromatic nitrogens is 5. The van der Waals surface area contributed by atoms with Gasteiger partial charge in [-0.3, -0.25) is 9.69 Å². The summed E-state index contributed by atoms with van der Waals surface area (Å²) in [7, 11) is 3.43. The number of hydrogen-bond donors (Lipinski definition) is 0. The minimum atomic E-state index is -4.38. The molecule has 0 saturated carbocycles. The Balaban J connectivity index is 0.951. The second-order valence-corrected chi connectivity index (χ2v) is 11.9. The number of piperazine rings is 1. The average Bonchev–Trinajstić information content (AvgIpc) is 3.77. The highest BCUT2D eigenvalue weighted by molar-refractivity contribution is 5.99. The third-order valence-corrected chi connectivity index (χ3v) is 8.45. The molecule has 3 aromatic carbocycles. The fourth-order valence-electron chi connectivity index (χ4n) is 5.77. The van der Waals surface area contributed by atoms with Gasteiger partial charge in [0.2, 0.25) is 11.7 Å². The lowest BCUT2D eigenvalue weighted by Crippen LogP contribution is -2.48. The normalized spacial score (nSPS) is 13.8. The highest BCUT2D eigenvalue weighted by atomic mass is 19.4. The Morgan fingerprint density at radius 1 is 0.902 bits per heavy atom. The fourth-order valence-corrected chi connectivity index (χ4v) is 5.77. The number of methoxy groups -OCH3 is 1. The van der Waals surface area contributed by atoms with Crippen LogP contribution >= 0.6 is 0 Å². The molecule has 12 nitrogen and oxygen atoms in total. The van der Waals surface area contributed by atoms with E-state index in [1.807, 2.05) is 52.9 Å². The summed E-state index contributed by atoms with van der Waals surface area (Å²) >= 11 is 0. The summed E-state index contributed by atoms with van der Waals surface area (Å²) in [4.78, 5) is 30.8. The van der Waals surface area contributed by atoms with Gasteiger partial charge in [-0.25, -0.2) is 9.97 Å². The molecule has 0 spiro atoms. The van der Waals surface area contributed by atoms with Gasteiger partial charge in [0.05, 0.1) is 25.0 Å². The first kappa shape index (κ1) is 33.5. The first-order chi connectivity index (χ1) is 24.6. The zero-order valence-electron chi connectivity index (χ0n) is 27.6. The predicted molar refractivity (Wildman–Crippen MR) is 179 cm³/mol. The van der Waals surface area contributed by atoms with E-state index in [1.165, 1.54) is 24.5 Å². The van der Waals surface area contributed by atoms with E-state index in [4.69, 9.17) is 18.7 Å². The molecule has 3 aromatic heterocycles. The molecule has 1 saturated heterocycles. The molecule has 0 radical (unpaired) electrons. The lowest BCUT2D eigenvalue weighted by Gasteiger charge is -2.34. The van der Waals surface area contributed by atoms with Gasteiger partial charge in [0, 0.05) is 56.8 Å². The number of nitrogens with zero attached hydrogens (tertiary/aromatic N) is 7. The van der Waals surface area contributed by atoms with Crippen molar-refractivity contribution >= 4 is 16.8 Å². The minimum absolute atomic E-state index is 0.0703. The van der Waals surface area contributed by atoms with Gasteiger partial charge in [0.15, 0.2) is 6.61 Å². The lowest BCUT2D eigenvalue weighted by atomic mass is 10.2. The van der Waals surface area contributed by atoms with Crippen LogP contribution in [0, 0.1) is 0 Å². The number of halogens is 3. The zero-order valence-corrected chi connectivity index (χ0v) is 27.6. The van der Waals surface area contributed by atoms with Gasteiger partial charge in [-0.15, -0.1) is 0 Å². The first-order valence-corrected chi connectivity index (χ1v) is 16.0. The van der Waals surface area contributed by atoms with E-state index >= 15 is 0 Å². The largest absolute Gasteiger partial charge is 0.497 e. The van der Waals surface area contributed by atoms with Gasteiger partial charge in [0.1, 0.15) is 28.6 Å². The van der Waals surface area contributed by atoms with Gasteiger partial charge < -0.3 is 28.2 Å².